The summed E-state index contributed by atoms with van der Waals surface area (Å²) in [4.78, 5) is 31.0. The molecule has 0 fully saturated rings. The van der Waals surface area contributed by atoms with Gasteiger partial charge in [0.25, 0.3) is 0 Å². The summed E-state index contributed by atoms with van der Waals surface area (Å²) in [6.07, 6.45) is 0.825. The molecule has 0 bridgehead atoms. The van der Waals surface area contributed by atoms with Gasteiger partial charge in [0.05, 0.1) is 13.7 Å². The van der Waals surface area contributed by atoms with E-state index in [1.165, 1.54) is 6.07 Å². The number of hydrogen-bond donors (Lipinski definition) is 0. The van der Waals surface area contributed by atoms with E-state index in [-0.39, 0.29) is 24.7 Å². The molecule has 2 aromatic rings. The number of halogens is 1. The number of ketones is 1. The number of esters is 1. The maximum absolute atomic E-state index is 14.9. The minimum absolute atomic E-state index is 0.0379. The normalized spacial score (nSPS) is 22.8. The molecule has 0 aromatic heterocycles. The largest absolute Gasteiger partial charge is 0.497 e. The molecule has 0 amide bonds. The standard InChI is InChI=1S/C26H26FNO4/c1-4-32-26(30)23-15(2)28-21-13-17(16-9-11-18(31-3)12-10-16)14-22(29)25(21)24(23)19-7-5-6-8-20(19)27/h5-12,17,23-24H,4,13-14H2,1-3H3. The Morgan fingerprint density at radius 1 is 1.12 bits per heavy atom. The van der Waals surface area contributed by atoms with Gasteiger partial charge in [-0.2, -0.15) is 0 Å². The highest BCUT2D eigenvalue weighted by molar-refractivity contribution is 6.09. The molecular weight excluding hydrogens is 409 g/mol. The number of hydrogen-bond acceptors (Lipinski definition) is 5. The third-order valence-corrected chi connectivity index (χ3v) is 6.26. The lowest BCUT2D eigenvalue weighted by Crippen LogP contribution is -2.38. The number of benzene rings is 2. The number of ether oxygens (including phenoxy) is 2. The molecule has 0 N–H and O–H groups in total. The summed E-state index contributed by atoms with van der Waals surface area (Å²) in [6.45, 7) is 3.67. The van der Waals surface area contributed by atoms with Crippen LogP contribution in [-0.4, -0.2) is 31.2 Å². The van der Waals surface area contributed by atoms with Crippen molar-refractivity contribution in [2.45, 2.75) is 38.5 Å². The van der Waals surface area contributed by atoms with Gasteiger partial charge in [-0.15, -0.1) is 0 Å². The lowest BCUT2D eigenvalue weighted by molar-refractivity contribution is -0.146. The first-order chi connectivity index (χ1) is 15.4. The van der Waals surface area contributed by atoms with Gasteiger partial charge in [0.2, 0.25) is 0 Å². The van der Waals surface area contributed by atoms with Crippen molar-refractivity contribution in [2.75, 3.05) is 13.7 Å². The topological polar surface area (TPSA) is 65.0 Å². The highest BCUT2D eigenvalue weighted by atomic mass is 19.1. The second-order valence-corrected chi connectivity index (χ2v) is 8.14. The number of nitrogens with zero attached hydrogens (tertiary/aromatic N) is 1. The Morgan fingerprint density at radius 2 is 1.84 bits per heavy atom. The van der Waals surface area contributed by atoms with Crippen molar-refractivity contribution in [2.24, 2.45) is 10.9 Å². The van der Waals surface area contributed by atoms with Gasteiger partial charge in [-0.3, -0.25) is 14.6 Å². The van der Waals surface area contributed by atoms with Gasteiger partial charge in [0.1, 0.15) is 17.5 Å². The van der Waals surface area contributed by atoms with Crippen LogP contribution < -0.4 is 4.74 Å². The lowest BCUT2D eigenvalue weighted by Gasteiger charge is -2.36. The predicted molar refractivity (Wildman–Crippen MR) is 119 cm³/mol. The number of Topliss-reactive ketones (excluding diaryl/α,β-unsaturated/α-hetero) is 1. The molecule has 1 aliphatic carbocycles. The van der Waals surface area contributed by atoms with Gasteiger partial charge < -0.3 is 9.47 Å². The number of aliphatic imine (C=N–C) groups is 1. The van der Waals surface area contributed by atoms with Gasteiger partial charge in [0.15, 0.2) is 5.78 Å². The molecule has 1 aliphatic heterocycles. The Bertz CT molecular complexity index is 1100. The minimum Gasteiger partial charge on any atom is -0.497 e. The number of methoxy groups -OCH3 is 1. The summed E-state index contributed by atoms with van der Waals surface area (Å²) in [7, 11) is 1.61. The first-order valence-corrected chi connectivity index (χ1v) is 10.8. The SMILES string of the molecule is CCOC(=O)C1C(C)=NC2=C(C(=O)CC(c3ccc(OC)cc3)C2)C1c1ccccc1F. The molecule has 3 unspecified atom stereocenters. The minimum atomic E-state index is -0.827. The van der Waals surface area contributed by atoms with Crippen LogP contribution in [0.3, 0.4) is 0 Å². The van der Waals surface area contributed by atoms with Gasteiger partial charge in [-0.1, -0.05) is 30.3 Å². The molecule has 0 radical (unpaired) electrons. The molecule has 32 heavy (non-hydrogen) atoms. The fourth-order valence-corrected chi connectivity index (χ4v) is 4.77. The highest BCUT2D eigenvalue weighted by Gasteiger charge is 2.45. The first kappa shape index (κ1) is 21.9. The lowest BCUT2D eigenvalue weighted by atomic mass is 9.69. The van der Waals surface area contributed by atoms with Gasteiger partial charge >= 0.3 is 5.97 Å². The predicted octanol–water partition coefficient (Wildman–Crippen LogP) is 4.97. The Kier molecular flexibility index (Phi) is 6.21. The van der Waals surface area contributed by atoms with Gasteiger partial charge in [-0.25, -0.2) is 4.39 Å². The smallest absolute Gasteiger partial charge is 0.315 e. The Morgan fingerprint density at radius 3 is 2.50 bits per heavy atom. The van der Waals surface area contributed by atoms with Crippen molar-refractivity contribution >= 4 is 17.5 Å². The van der Waals surface area contributed by atoms with Crippen LogP contribution in [0.5, 0.6) is 5.75 Å². The summed E-state index contributed by atoms with van der Waals surface area (Å²) in [5, 5.41) is 0. The third-order valence-electron chi connectivity index (χ3n) is 6.26. The van der Waals surface area contributed by atoms with Crippen LogP contribution in [0.25, 0.3) is 0 Å². The number of rotatable bonds is 5. The molecule has 6 heteroatoms. The second kappa shape index (κ2) is 9.07. The van der Waals surface area contributed by atoms with E-state index in [2.05, 4.69) is 4.99 Å². The molecule has 2 aliphatic rings. The summed E-state index contributed by atoms with van der Waals surface area (Å²) >= 11 is 0. The summed E-state index contributed by atoms with van der Waals surface area (Å²) in [6, 6.07) is 14.0. The zero-order valence-corrected chi connectivity index (χ0v) is 18.4. The van der Waals surface area contributed by atoms with Crippen LogP contribution in [0.15, 0.2) is 64.8 Å². The van der Waals surface area contributed by atoms with E-state index in [1.807, 2.05) is 24.3 Å². The average Bonchev–Trinajstić information content (AvgIpc) is 2.78. The van der Waals surface area contributed by atoms with E-state index < -0.39 is 23.6 Å². The van der Waals surface area contributed by atoms with Crippen LogP contribution >= 0.6 is 0 Å². The fraction of sp³-hybridized carbons (Fsp3) is 0.346. The summed E-state index contributed by atoms with van der Waals surface area (Å²) < 4.78 is 25.4. The van der Waals surface area contributed by atoms with Gasteiger partial charge in [-0.05, 0) is 55.5 Å². The number of carbonyl (C=O) groups excluding carboxylic acids is 2. The van der Waals surface area contributed by atoms with E-state index in [9.17, 15) is 14.0 Å². The van der Waals surface area contributed by atoms with Gasteiger partial charge in [0, 0.05) is 29.3 Å². The zero-order chi connectivity index (χ0) is 22.8. The quantitative estimate of drug-likeness (QED) is 0.622. The van der Waals surface area contributed by atoms with Crippen molar-refractivity contribution in [1.29, 1.82) is 0 Å². The Hall–Kier alpha value is -3.28. The van der Waals surface area contributed by atoms with Crippen LogP contribution in [-0.2, 0) is 14.3 Å². The Labute approximate surface area is 187 Å². The maximum Gasteiger partial charge on any atom is 0.315 e. The highest BCUT2D eigenvalue weighted by Crippen LogP contribution is 2.47. The molecule has 166 valence electrons. The maximum atomic E-state index is 14.9. The van der Waals surface area contributed by atoms with Crippen LogP contribution in [0.2, 0.25) is 0 Å². The molecular formula is C26H26FNO4. The summed E-state index contributed by atoms with van der Waals surface area (Å²) in [5.74, 6) is -1.90. The fourth-order valence-electron chi connectivity index (χ4n) is 4.77. The molecule has 1 heterocycles. The zero-order valence-electron chi connectivity index (χ0n) is 18.4. The first-order valence-electron chi connectivity index (χ1n) is 10.8. The van der Waals surface area contributed by atoms with Crippen molar-refractivity contribution < 1.29 is 23.5 Å². The molecule has 5 nitrogen and oxygen atoms in total. The monoisotopic (exact) mass is 435 g/mol. The van der Waals surface area contributed by atoms with Crippen LogP contribution in [0, 0.1) is 11.7 Å². The van der Waals surface area contributed by atoms with E-state index in [0.717, 1.165) is 11.3 Å². The third kappa shape index (κ3) is 3.97. The van der Waals surface area contributed by atoms with E-state index >= 15 is 0 Å². The molecule has 2 aromatic carbocycles. The number of allylic oxidation sites excluding steroid dienone is 2. The van der Waals surface area contributed by atoms with E-state index in [1.54, 1.807) is 39.2 Å². The van der Waals surface area contributed by atoms with Crippen LogP contribution in [0.4, 0.5) is 4.39 Å². The van der Waals surface area contributed by atoms with Crippen molar-refractivity contribution in [3.8, 4) is 5.75 Å². The average molecular weight is 435 g/mol. The van der Waals surface area contributed by atoms with E-state index in [4.69, 9.17) is 9.47 Å². The van der Waals surface area contributed by atoms with Crippen molar-refractivity contribution in [1.82, 2.24) is 0 Å². The molecule has 0 spiro atoms. The molecule has 0 saturated heterocycles. The second-order valence-electron chi connectivity index (χ2n) is 8.14. The summed E-state index contributed by atoms with van der Waals surface area (Å²) in [5.41, 5.74) is 2.95. The van der Waals surface area contributed by atoms with Crippen molar-refractivity contribution in [3.05, 3.63) is 76.7 Å². The number of carbonyl (C=O) groups is 2. The van der Waals surface area contributed by atoms with E-state index in [0.29, 0.717) is 29.0 Å². The van der Waals surface area contributed by atoms with Crippen molar-refractivity contribution in [3.63, 3.8) is 0 Å². The molecule has 3 atom stereocenters. The Balaban J connectivity index is 1.78. The van der Waals surface area contributed by atoms with Crippen LogP contribution in [0.1, 0.15) is 49.7 Å². The molecule has 0 saturated carbocycles. The molecule has 4 rings (SSSR count).